The minimum atomic E-state index is 0.968. The van der Waals surface area contributed by atoms with Crippen molar-refractivity contribution in [2.45, 2.75) is 27.7 Å². The van der Waals surface area contributed by atoms with Gasteiger partial charge < -0.3 is 0 Å². The highest BCUT2D eigenvalue weighted by Gasteiger charge is 1.99. The first kappa shape index (κ1) is 9.71. The molecule has 2 aromatic rings. The minimum absolute atomic E-state index is 0.968. The third kappa shape index (κ3) is 1.69. The fourth-order valence-electron chi connectivity index (χ4n) is 1.28. The highest BCUT2D eigenvalue weighted by atomic mass is 15.1. The molecule has 0 radical (unpaired) electrons. The van der Waals surface area contributed by atoms with E-state index in [-0.39, 0.29) is 0 Å². The molecule has 0 aliphatic carbocycles. The second-order valence-corrected chi connectivity index (χ2v) is 2.59. The molecule has 0 aromatic carbocycles. The molecule has 3 nitrogen and oxygen atoms in total. The van der Waals surface area contributed by atoms with E-state index in [1.165, 1.54) is 5.69 Å². The van der Waals surface area contributed by atoms with E-state index in [1.54, 1.807) is 6.33 Å². The van der Waals surface area contributed by atoms with Crippen LogP contribution in [0.15, 0.2) is 18.5 Å². The maximum absolute atomic E-state index is 4.11. The maximum atomic E-state index is 4.11. The number of nitrogens with zero attached hydrogens (tertiary/aromatic N) is 3. The van der Waals surface area contributed by atoms with Gasteiger partial charge in [0.25, 0.3) is 0 Å². The topological polar surface area (TPSA) is 30.2 Å². The molecular formula is C10H15N3. The molecule has 0 spiro atoms. The van der Waals surface area contributed by atoms with Crippen LogP contribution in [0.2, 0.25) is 0 Å². The quantitative estimate of drug-likeness (QED) is 0.618. The van der Waals surface area contributed by atoms with Gasteiger partial charge in [0.15, 0.2) is 0 Å². The Hall–Kier alpha value is -1.38. The van der Waals surface area contributed by atoms with E-state index in [4.69, 9.17) is 0 Å². The molecule has 0 saturated heterocycles. The molecular weight excluding hydrogens is 162 g/mol. The molecule has 13 heavy (non-hydrogen) atoms. The largest absolute Gasteiger partial charge is 0.287 e. The van der Waals surface area contributed by atoms with Crippen LogP contribution in [0.4, 0.5) is 0 Å². The average Bonchev–Trinajstić information content (AvgIpc) is 2.53. The van der Waals surface area contributed by atoms with E-state index < -0.39 is 0 Å². The summed E-state index contributed by atoms with van der Waals surface area (Å²) in [6.07, 6.45) is 1.59. The zero-order valence-electron chi connectivity index (χ0n) is 8.57. The van der Waals surface area contributed by atoms with Crippen molar-refractivity contribution in [1.82, 2.24) is 14.4 Å². The van der Waals surface area contributed by atoms with Gasteiger partial charge in [-0.05, 0) is 26.0 Å². The second-order valence-electron chi connectivity index (χ2n) is 2.59. The summed E-state index contributed by atoms with van der Waals surface area (Å²) in [4.78, 5) is 8.21. The van der Waals surface area contributed by atoms with Crippen LogP contribution in [-0.4, -0.2) is 14.4 Å². The molecule has 3 heteroatoms. The van der Waals surface area contributed by atoms with Crippen LogP contribution in [0, 0.1) is 13.8 Å². The fraction of sp³-hybridized carbons (Fsp3) is 0.400. The van der Waals surface area contributed by atoms with Gasteiger partial charge in [0.2, 0.25) is 0 Å². The van der Waals surface area contributed by atoms with Gasteiger partial charge in [-0.3, -0.25) is 4.40 Å². The van der Waals surface area contributed by atoms with E-state index in [0.29, 0.717) is 0 Å². The Labute approximate surface area is 78.5 Å². The lowest BCUT2D eigenvalue weighted by molar-refractivity contribution is 0.919. The van der Waals surface area contributed by atoms with Crippen LogP contribution in [0.5, 0.6) is 0 Å². The number of aryl methyl sites for hydroxylation is 2. The van der Waals surface area contributed by atoms with Crippen molar-refractivity contribution >= 4 is 5.65 Å². The Bertz CT molecular complexity index is 390. The predicted molar refractivity (Wildman–Crippen MR) is 53.8 cm³/mol. The molecule has 0 atom stereocenters. The number of hydrogen-bond acceptors (Lipinski definition) is 2. The van der Waals surface area contributed by atoms with Gasteiger partial charge in [-0.15, -0.1) is 0 Å². The van der Waals surface area contributed by atoms with E-state index >= 15 is 0 Å². The van der Waals surface area contributed by atoms with Crippen molar-refractivity contribution in [3.05, 3.63) is 30.0 Å². The highest BCUT2D eigenvalue weighted by Crippen LogP contribution is 2.06. The summed E-state index contributed by atoms with van der Waals surface area (Å²) in [7, 11) is 0. The third-order valence-corrected chi connectivity index (χ3v) is 1.81. The standard InChI is InChI=1S/C8H9N3.C2H6/c1-6-3-4-8-10-5-9-7(2)11(6)8;1-2/h3-5H,1-2H3;1-2H3. The van der Waals surface area contributed by atoms with Crippen molar-refractivity contribution in [3.63, 3.8) is 0 Å². The molecule has 0 unspecified atom stereocenters. The first-order valence-electron chi connectivity index (χ1n) is 4.55. The van der Waals surface area contributed by atoms with Crippen LogP contribution in [0.1, 0.15) is 25.4 Å². The summed E-state index contributed by atoms with van der Waals surface area (Å²) in [6, 6.07) is 4.03. The first-order chi connectivity index (χ1) is 6.29. The Morgan fingerprint density at radius 3 is 2.38 bits per heavy atom. The van der Waals surface area contributed by atoms with Crippen LogP contribution in [0.3, 0.4) is 0 Å². The van der Waals surface area contributed by atoms with Crippen molar-refractivity contribution < 1.29 is 0 Å². The number of fused-ring (bicyclic) bond motifs is 1. The van der Waals surface area contributed by atoms with E-state index in [2.05, 4.69) is 9.97 Å². The lowest BCUT2D eigenvalue weighted by atomic mass is 10.5. The van der Waals surface area contributed by atoms with Gasteiger partial charge >= 0.3 is 0 Å². The molecule has 2 aromatic heterocycles. The summed E-state index contributed by atoms with van der Waals surface area (Å²) in [5.41, 5.74) is 2.15. The monoisotopic (exact) mass is 177 g/mol. The number of rotatable bonds is 0. The van der Waals surface area contributed by atoms with Crippen LogP contribution in [0.25, 0.3) is 5.65 Å². The Kier molecular flexibility index (Phi) is 3.01. The molecule has 0 saturated carbocycles. The third-order valence-electron chi connectivity index (χ3n) is 1.81. The van der Waals surface area contributed by atoms with Crippen LogP contribution in [-0.2, 0) is 0 Å². The fourth-order valence-corrected chi connectivity index (χ4v) is 1.28. The number of aromatic nitrogens is 3. The van der Waals surface area contributed by atoms with E-state index in [1.807, 2.05) is 44.2 Å². The molecule has 2 rings (SSSR count). The molecule has 2 heterocycles. The summed E-state index contributed by atoms with van der Waals surface area (Å²) >= 11 is 0. The lowest BCUT2D eigenvalue weighted by Crippen LogP contribution is -1.97. The second kappa shape index (κ2) is 4.03. The van der Waals surface area contributed by atoms with Gasteiger partial charge in [-0.25, -0.2) is 9.97 Å². The first-order valence-corrected chi connectivity index (χ1v) is 4.55. The number of hydrogen-bond donors (Lipinski definition) is 0. The Morgan fingerprint density at radius 1 is 1.08 bits per heavy atom. The average molecular weight is 177 g/mol. The smallest absolute Gasteiger partial charge is 0.140 e. The molecule has 0 amide bonds. The molecule has 0 bridgehead atoms. The van der Waals surface area contributed by atoms with E-state index in [9.17, 15) is 0 Å². The summed E-state index contributed by atoms with van der Waals surface area (Å²) in [6.45, 7) is 8.02. The van der Waals surface area contributed by atoms with Gasteiger partial charge in [-0.2, -0.15) is 0 Å². The Balaban J connectivity index is 0.000000396. The van der Waals surface area contributed by atoms with Gasteiger partial charge in [0.05, 0.1) is 0 Å². The zero-order chi connectivity index (χ0) is 9.84. The normalized spacial score (nSPS) is 9.54. The van der Waals surface area contributed by atoms with Crippen LogP contribution >= 0.6 is 0 Å². The van der Waals surface area contributed by atoms with Crippen molar-refractivity contribution in [2.24, 2.45) is 0 Å². The Morgan fingerprint density at radius 2 is 1.77 bits per heavy atom. The molecule has 0 aliphatic rings. The zero-order valence-corrected chi connectivity index (χ0v) is 8.57. The maximum Gasteiger partial charge on any atom is 0.140 e. The van der Waals surface area contributed by atoms with Crippen molar-refractivity contribution in [1.29, 1.82) is 0 Å². The molecule has 0 fully saturated rings. The minimum Gasteiger partial charge on any atom is -0.287 e. The lowest BCUT2D eigenvalue weighted by Gasteiger charge is -1.99. The summed E-state index contributed by atoms with van der Waals surface area (Å²) in [5.74, 6) is 0.984. The molecule has 0 N–H and O–H groups in total. The highest BCUT2D eigenvalue weighted by molar-refractivity contribution is 5.41. The predicted octanol–water partition coefficient (Wildman–Crippen LogP) is 2.37. The molecule has 70 valence electrons. The van der Waals surface area contributed by atoms with Crippen molar-refractivity contribution in [2.75, 3.05) is 0 Å². The molecule has 0 aliphatic heterocycles. The summed E-state index contributed by atoms with van der Waals surface area (Å²) < 4.78 is 2.03. The van der Waals surface area contributed by atoms with Gasteiger partial charge in [-0.1, -0.05) is 13.8 Å². The van der Waals surface area contributed by atoms with Gasteiger partial charge in [0.1, 0.15) is 17.8 Å². The SMILES string of the molecule is CC.Cc1ccc2ncnc(C)n12. The summed E-state index contributed by atoms with van der Waals surface area (Å²) in [5, 5.41) is 0. The van der Waals surface area contributed by atoms with E-state index in [0.717, 1.165) is 11.5 Å². The van der Waals surface area contributed by atoms with Crippen molar-refractivity contribution in [3.8, 4) is 0 Å². The van der Waals surface area contributed by atoms with Crippen LogP contribution < -0.4 is 0 Å². The van der Waals surface area contributed by atoms with Gasteiger partial charge in [0, 0.05) is 5.69 Å².